The summed E-state index contributed by atoms with van der Waals surface area (Å²) in [4.78, 5) is 0. The van der Waals surface area contributed by atoms with Crippen molar-refractivity contribution >= 4 is 27.5 Å². The van der Waals surface area contributed by atoms with Crippen molar-refractivity contribution in [3.8, 4) is 22.3 Å². The second-order valence-corrected chi connectivity index (χ2v) is 14.2. The summed E-state index contributed by atoms with van der Waals surface area (Å²) < 4.78 is 1.37. The van der Waals surface area contributed by atoms with E-state index in [-0.39, 0.29) is 5.41 Å². The molecule has 2 aliphatic rings. The minimum atomic E-state index is -0.388. The van der Waals surface area contributed by atoms with Crippen molar-refractivity contribution in [2.24, 2.45) is 0 Å². The van der Waals surface area contributed by atoms with Crippen LogP contribution in [0.15, 0.2) is 29.7 Å². The van der Waals surface area contributed by atoms with Gasteiger partial charge in [0.1, 0.15) is 0 Å². The van der Waals surface area contributed by atoms with E-state index in [0.29, 0.717) is 0 Å². The Balaban J connectivity index is 1.91. The Labute approximate surface area is 256 Å². The SMILES string of the molecule is Cc1c(C)c(C)c2c(c1C)-c1c(C)c(C)c(C)c(C)c1C1(C=Cc3ccc4sccc4c31)c1c(C)c(C)c(C)c(C)c1-2. The van der Waals surface area contributed by atoms with E-state index in [0.717, 1.165) is 0 Å². The van der Waals surface area contributed by atoms with Crippen molar-refractivity contribution in [3.05, 3.63) is 119 Å². The smallest absolute Gasteiger partial charge is 0.0665 e. The van der Waals surface area contributed by atoms with Crippen LogP contribution in [0.3, 0.4) is 0 Å². The van der Waals surface area contributed by atoms with E-state index >= 15 is 0 Å². The second kappa shape index (κ2) is 8.80. The quantitative estimate of drug-likeness (QED) is 0.175. The molecule has 1 aromatic heterocycles. The molecule has 1 spiro atoms. The van der Waals surface area contributed by atoms with Crippen LogP contribution in [-0.4, -0.2) is 0 Å². The Bertz CT molecular complexity index is 1990. The molecule has 7 rings (SSSR count). The van der Waals surface area contributed by atoms with Gasteiger partial charge in [0.05, 0.1) is 5.41 Å². The highest BCUT2D eigenvalue weighted by atomic mass is 32.1. The average Bonchev–Trinajstić information content (AvgIpc) is 3.58. The fourth-order valence-corrected chi connectivity index (χ4v) is 9.45. The van der Waals surface area contributed by atoms with Gasteiger partial charge < -0.3 is 0 Å². The van der Waals surface area contributed by atoms with Crippen molar-refractivity contribution < 1.29 is 0 Å². The molecule has 0 unspecified atom stereocenters. The van der Waals surface area contributed by atoms with Crippen LogP contribution in [0.4, 0.5) is 0 Å². The summed E-state index contributed by atoms with van der Waals surface area (Å²) in [6.45, 7) is 28.4. The van der Waals surface area contributed by atoms with Gasteiger partial charge in [-0.05, 0) is 217 Å². The minimum Gasteiger partial charge on any atom is -0.144 e. The number of rotatable bonds is 0. The molecular formula is C41H42S. The molecular weight excluding hydrogens is 525 g/mol. The van der Waals surface area contributed by atoms with Gasteiger partial charge in [0.2, 0.25) is 0 Å². The maximum absolute atomic E-state index is 2.59. The van der Waals surface area contributed by atoms with E-state index in [1.165, 1.54) is 121 Å². The first-order chi connectivity index (χ1) is 19.9. The largest absolute Gasteiger partial charge is 0.144 e. The monoisotopic (exact) mass is 566 g/mol. The third kappa shape index (κ3) is 3.03. The highest BCUT2D eigenvalue weighted by Crippen LogP contribution is 2.62. The first-order valence-electron chi connectivity index (χ1n) is 15.4. The van der Waals surface area contributed by atoms with E-state index in [4.69, 9.17) is 0 Å². The number of allylic oxidation sites excluding steroid dienone is 1. The van der Waals surface area contributed by atoms with Gasteiger partial charge in [-0.3, -0.25) is 0 Å². The van der Waals surface area contributed by atoms with Crippen molar-refractivity contribution in [1.82, 2.24) is 0 Å². The zero-order valence-corrected chi connectivity index (χ0v) is 28.2. The third-order valence-corrected chi connectivity index (χ3v) is 12.8. The van der Waals surface area contributed by atoms with Gasteiger partial charge >= 0.3 is 0 Å². The zero-order chi connectivity index (χ0) is 30.2. The van der Waals surface area contributed by atoms with Crippen LogP contribution in [0, 0.1) is 83.1 Å². The van der Waals surface area contributed by atoms with E-state index in [9.17, 15) is 0 Å². The summed E-state index contributed by atoms with van der Waals surface area (Å²) in [5.74, 6) is 0. The van der Waals surface area contributed by atoms with Crippen LogP contribution < -0.4 is 0 Å². The molecule has 0 atom stereocenters. The fraction of sp³-hybridized carbons (Fsp3) is 0.317. The molecule has 5 aromatic rings. The van der Waals surface area contributed by atoms with Gasteiger partial charge in [-0.2, -0.15) is 0 Å². The second-order valence-electron chi connectivity index (χ2n) is 13.3. The third-order valence-electron chi connectivity index (χ3n) is 11.9. The standard InChI is InChI=1S/C41H42S/c1-19-20(2)26(8)35-34(25(19)7)36-27(9)21(3)23(5)29(11)38(36)41(39-30(12)24(6)22(4)28(10)37(35)39)17-15-31-13-14-33-32(40(31)41)16-18-42-33/h13-18H,1-12H3. The summed E-state index contributed by atoms with van der Waals surface area (Å²) in [7, 11) is 0. The van der Waals surface area contributed by atoms with E-state index in [1.54, 1.807) is 0 Å². The van der Waals surface area contributed by atoms with Gasteiger partial charge in [0.15, 0.2) is 0 Å². The molecule has 0 fully saturated rings. The molecule has 0 N–H and O–H groups in total. The summed E-state index contributed by atoms with van der Waals surface area (Å²) in [6, 6.07) is 7.07. The van der Waals surface area contributed by atoms with Crippen molar-refractivity contribution in [2.45, 2.75) is 88.5 Å². The molecule has 0 saturated carbocycles. The molecule has 4 aromatic carbocycles. The summed E-state index contributed by atoms with van der Waals surface area (Å²) >= 11 is 1.86. The molecule has 0 saturated heterocycles. The van der Waals surface area contributed by atoms with Gasteiger partial charge in [0, 0.05) is 4.70 Å². The molecule has 1 heteroatoms. The molecule has 212 valence electrons. The van der Waals surface area contributed by atoms with Gasteiger partial charge in [-0.1, -0.05) is 18.2 Å². The molecule has 0 amide bonds. The van der Waals surface area contributed by atoms with Crippen molar-refractivity contribution in [3.63, 3.8) is 0 Å². The first-order valence-corrected chi connectivity index (χ1v) is 16.3. The Morgan fingerprint density at radius 3 is 1.33 bits per heavy atom. The first kappa shape index (κ1) is 27.4. The van der Waals surface area contributed by atoms with Crippen LogP contribution in [0.25, 0.3) is 38.4 Å². The highest BCUT2D eigenvalue weighted by molar-refractivity contribution is 7.17. The molecule has 1 heterocycles. The van der Waals surface area contributed by atoms with Crippen molar-refractivity contribution in [1.29, 1.82) is 0 Å². The minimum absolute atomic E-state index is 0.388. The Morgan fingerprint density at radius 2 is 0.857 bits per heavy atom. The number of benzene rings is 4. The Hall–Kier alpha value is -3.42. The lowest BCUT2D eigenvalue weighted by molar-refractivity contribution is 0.785. The molecule has 0 aliphatic heterocycles. The fourth-order valence-electron chi connectivity index (χ4n) is 8.65. The van der Waals surface area contributed by atoms with Crippen LogP contribution in [0.1, 0.15) is 89.0 Å². The molecule has 0 radical (unpaired) electrons. The topological polar surface area (TPSA) is 0 Å². The summed E-state index contributed by atoms with van der Waals surface area (Å²) in [5, 5.41) is 3.68. The lowest BCUT2D eigenvalue weighted by Crippen LogP contribution is -2.30. The molecule has 0 nitrogen and oxygen atoms in total. The lowest BCUT2D eigenvalue weighted by Gasteiger charge is -2.38. The Kier molecular flexibility index (Phi) is 5.75. The molecule has 0 bridgehead atoms. The van der Waals surface area contributed by atoms with Crippen molar-refractivity contribution in [2.75, 3.05) is 0 Å². The van der Waals surface area contributed by atoms with E-state index < -0.39 is 0 Å². The van der Waals surface area contributed by atoms with E-state index in [1.807, 2.05) is 11.3 Å². The maximum atomic E-state index is 2.59. The summed E-state index contributed by atoms with van der Waals surface area (Å²) in [6.07, 6.45) is 5.02. The van der Waals surface area contributed by atoms with Gasteiger partial charge in [-0.15, -0.1) is 11.3 Å². The maximum Gasteiger partial charge on any atom is 0.0665 e. The molecule has 42 heavy (non-hydrogen) atoms. The van der Waals surface area contributed by atoms with E-state index in [2.05, 4.69) is 119 Å². The summed E-state index contributed by atoms with van der Waals surface area (Å²) in [5.41, 5.74) is 28.4. The zero-order valence-electron chi connectivity index (χ0n) is 27.4. The van der Waals surface area contributed by atoms with Crippen LogP contribution in [-0.2, 0) is 5.41 Å². The van der Waals surface area contributed by atoms with Crippen LogP contribution in [0.2, 0.25) is 0 Å². The van der Waals surface area contributed by atoms with Gasteiger partial charge in [-0.25, -0.2) is 0 Å². The normalized spacial score (nSPS) is 14.3. The lowest BCUT2D eigenvalue weighted by atomic mass is 9.63. The average molecular weight is 567 g/mol. The molecule has 2 aliphatic carbocycles. The number of hydrogen-bond acceptors (Lipinski definition) is 1. The number of fused-ring (bicyclic) bond motifs is 11. The van der Waals surface area contributed by atoms with Crippen LogP contribution >= 0.6 is 11.3 Å². The van der Waals surface area contributed by atoms with Crippen LogP contribution in [0.5, 0.6) is 0 Å². The van der Waals surface area contributed by atoms with Gasteiger partial charge in [0.25, 0.3) is 0 Å². The Morgan fingerprint density at radius 1 is 0.429 bits per heavy atom. The number of thiophene rings is 1. The highest BCUT2D eigenvalue weighted by Gasteiger charge is 2.49. The predicted molar refractivity (Wildman–Crippen MR) is 185 cm³/mol. The predicted octanol–water partition coefficient (Wildman–Crippen LogP) is 11.6. The number of hydrogen-bond donors (Lipinski definition) is 0.